The van der Waals surface area contributed by atoms with Gasteiger partial charge in [0.15, 0.2) is 0 Å². The smallest absolute Gasteiger partial charge is 0.251 e. The molecule has 3 N–H and O–H groups in total. The predicted molar refractivity (Wildman–Crippen MR) is 85.2 cm³/mol. The summed E-state index contributed by atoms with van der Waals surface area (Å²) < 4.78 is 0. The topological polar surface area (TPSA) is 55.1 Å². The van der Waals surface area contributed by atoms with Gasteiger partial charge < -0.3 is 11.1 Å². The van der Waals surface area contributed by atoms with E-state index in [0.29, 0.717) is 17.8 Å². The number of benzene rings is 1. The summed E-state index contributed by atoms with van der Waals surface area (Å²) in [6.07, 6.45) is 0.991. The predicted octanol–water partition coefficient (Wildman–Crippen LogP) is 3.44. The van der Waals surface area contributed by atoms with E-state index in [1.165, 1.54) is 10.4 Å². The molecule has 2 aromatic rings. The van der Waals surface area contributed by atoms with Crippen LogP contribution < -0.4 is 11.1 Å². The number of hydrogen-bond donors (Lipinski definition) is 2. The maximum Gasteiger partial charge on any atom is 0.251 e. The Labute approximate surface area is 123 Å². The van der Waals surface area contributed by atoms with Gasteiger partial charge in [0.25, 0.3) is 5.91 Å². The molecular weight excluding hydrogens is 268 g/mol. The minimum atomic E-state index is -0.0651. The van der Waals surface area contributed by atoms with E-state index in [1.807, 2.05) is 19.9 Å². The van der Waals surface area contributed by atoms with Crippen LogP contribution in [-0.2, 0) is 13.0 Å². The van der Waals surface area contributed by atoms with Crippen molar-refractivity contribution in [2.45, 2.75) is 33.7 Å². The molecule has 20 heavy (non-hydrogen) atoms. The molecule has 0 radical (unpaired) electrons. The number of nitrogens with one attached hydrogen (secondary N) is 1. The average molecular weight is 288 g/mol. The van der Waals surface area contributed by atoms with E-state index >= 15 is 0 Å². The van der Waals surface area contributed by atoms with Crippen LogP contribution in [0.2, 0.25) is 0 Å². The third kappa shape index (κ3) is 3.02. The minimum absolute atomic E-state index is 0.0651. The normalized spacial score (nSPS) is 10.6. The molecule has 1 aromatic heterocycles. The molecule has 0 aliphatic carbocycles. The minimum Gasteiger partial charge on any atom is -0.398 e. The van der Waals surface area contributed by atoms with Crippen LogP contribution in [0.15, 0.2) is 23.6 Å². The van der Waals surface area contributed by atoms with Crippen LogP contribution in [0.25, 0.3) is 0 Å². The van der Waals surface area contributed by atoms with Crippen molar-refractivity contribution in [3.8, 4) is 0 Å². The Hall–Kier alpha value is -1.81. The first kappa shape index (κ1) is 14.6. The third-order valence-electron chi connectivity index (χ3n) is 3.49. The largest absolute Gasteiger partial charge is 0.398 e. The van der Waals surface area contributed by atoms with Crippen LogP contribution in [0.5, 0.6) is 0 Å². The lowest BCUT2D eigenvalue weighted by Crippen LogP contribution is -2.23. The van der Waals surface area contributed by atoms with Gasteiger partial charge in [-0.15, -0.1) is 11.3 Å². The number of nitrogens with two attached hydrogens (primary N) is 1. The van der Waals surface area contributed by atoms with E-state index in [-0.39, 0.29) is 5.91 Å². The first-order valence-corrected chi connectivity index (χ1v) is 7.61. The molecule has 0 spiro atoms. The number of thiophene rings is 1. The number of carbonyl (C=O) groups excluding carboxylic acids is 1. The number of rotatable bonds is 4. The van der Waals surface area contributed by atoms with Crippen molar-refractivity contribution in [3.63, 3.8) is 0 Å². The number of nitrogen functional groups attached to an aromatic ring is 1. The van der Waals surface area contributed by atoms with Crippen molar-refractivity contribution in [3.05, 3.63) is 50.7 Å². The molecule has 0 aliphatic rings. The van der Waals surface area contributed by atoms with Gasteiger partial charge in [0.05, 0.1) is 6.54 Å². The number of amides is 1. The van der Waals surface area contributed by atoms with E-state index in [9.17, 15) is 4.79 Å². The van der Waals surface area contributed by atoms with Crippen molar-refractivity contribution in [2.24, 2.45) is 0 Å². The van der Waals surface area contributed by atoms with Crippen LogP contribution in [0.3, 0.4) is 0 Å². The van der Waals surface area contributed by atoms with E-state index in [2.05, 4.69) is 23.7 Å². The molecule has 0 aliphatic heterocycles. The molecule has 3 nitrogen and oxygen atoms in total. The van der Waals surface area contributed by atoms with Gasteiger partial charge >= 0.3 is 0 Å². The molecule has 106 valence electrons. The molecule has 0 bridgehead atoms. The van der Waals surface area contributed by atoms with Crippen molar-refractivity contribution in [1.82, 2.24) is 5.32 Å². The number of anilines is 1. The molecule has 4 heteroatoms. The van der Waals surface area contributed by atoms with Gasteiger partial charge in [-0.1, -0.05) is 13.0 Å². The van der Waals surface area contributed by atoms with Crippen molar-refractivity contribution in [1.29, 1.82) is 0 Å². The van der Waals surface area contributed by atoms with Crippen LogP contribution in [0, 0.1) is 13.8 Å². The molecule has 0 atom stereocenters. The Balaban J connectivity index is 2.11. The molecule has 0 fully saturated rings. The maximum absolute atomic E-state index is 12.3. The molecule has 1 amide bonds. The summed E-state index contributed by atoms with van der Waals surface area (Å²) in [6.45, 7) is 6.58. The zero-order valence-corrected chi connectivity index (χ0v) is 12.9. The highest BCUT2D eigenvalue weighted by atomic mass is 32.1. The van der Waals surface area contributed by atoms with E-state index < -0.39 is 0 Å². The van der Waals surface area contributed by atoms with Gasteiger partial charge in [0.1, 0.15) is 0 Å². The molecule has 0 saturated carbocycles. The monoisotopic (exact) mass is 288 g/mol. The summed E-state index contributed by atoms with van der Waals surface area (Å²) in [4.78, 5) is 13.5. The van der Waals surface area contributed by atoms with Gasteiger partial charge in [-0.3, -0.25) is 4.79 Å². The van der Waals surface area contributed by atoms with Crippen molar-refractivity contribution >= 4 is 22.9 Å². The molecule has 1 heterocycles. The summed E-state index contributed by atoms with van der Waals surface area (Å²) in [5.41, 5.74) is 10.5. The average Bonchev–Trinajstić information content (AvgIpc) is 2.87. The summed E-state index contributed by atoms with van der Waals surface area (Å²) in [5.74, 6) is -0.0651. The van der Waals surface area contributed by atoms with Gasteiger partial charge in [-0.2, -0.15) is 0 Å². The standard InChI is InChI=1S/C16H20N2OS/c1-4-12-5-6-20-15(12)9-18-16(19)13-8-14(17)11(3)7-10(13)2/h5-8H,4,9,17H2,1-3H3,(H,18,19). The Morgan fingerprint density at radius 3 is 2.75 bits per heavy atom. The highest BCUT2D eigenvalue weighted by molar-refractivity contribution is 7.10. The Kier molecular flexibility index (Phi) is 4.45. The molecule has 1 aromatic carbocycles. The lowest BCUT2D eigenvalue weighted by Gasteiger charge is -2.10. The number of aryl methyl sites for hydroxylation is 3. The summed E-state index contributed by atoms with van der Waals surface area (Å²) in [7, 11) is 0. The fourth-order valence-corrected chi connectivity index (χ4v) is 3.12. The number of carbonyl (C=O) groups is 1. The molecule has 0 unspecified atom stereocenters. The Bertz CT molecular complexity index is 631. The van der Waals surface area contributed by atoms with Gasteiger partial charge in [-0.05, 0) is 54.5 Å². The fraction of sp³-hybridized carbons (Fsp3) is 0.312. The van der Waals surface area contributed by atoms with Gasteiger partial charge in [-0.25, -0.2) is 0 Å². The Morgan fingerprint density at radius 1 is 1.30 bits per heavy atom. The van der Waals surface area contributed by atoms with Gasteiger partial charge in [0.2, 0.25) is 0 Å². The van der Waals surface area contributed by atoms with E-state index in [0.717, 1.165) is 17.5 Å². The fourth-order valence-electron chi connectivity index (χ4n) is 2.21. The highest BCUT2D eigenvalue weighted by Gasteiger charge is 2.11. The van der Waals surface area contributed by atoms with E-state index in [1.54, 1.807) is 17.4 Å². The van der Waals surface area contributed by atoms with Crippen LogP contribution in [0.1, 0.15) is 38.8 Å². The SMILES string of the molecule is CCc1ccsc1CNC(=O)c1cc(N)c(C)cc1C. The Morgan fingerprint density at radius 2 is 2.05 bits per heavy atom. The van der Waals surface area contributed by atoms with Crippen LogP contribution in [-0.4, -0.2) is 5.91 Å². The quantitative estimate of drug-likeness (QED) is 0.847. The molecule has 2 rings (SSSR count). The van der Waals surface area contributed by atoms with Gasteiger partial charge in [0, 0.05) is 16.1 Å². The molecule has 0 saturated heterocycles. The summed E-state index contributed by atoms with van der Waals surface area (Å²) in [6, 6.07) is 5.82. The zero-order chi connectivity index (χ0) is 14.7. The summed E-state index contributed by atoms with van der Waals surface area (Å²) in [5, 5.41) is 5.04. The lowest BCUT2D eigenvalue weighted by molar-refractivity contribution is 0.0950. The maximum atomic E-state index is 12.3. The first-order valence-electron chi connectivity index (χ1n) is 6.73. The second-order valence-corrected chi connectivity index (χ2v) is 5.93. The zero-order valence-electron chi connectivity index (χ0n) is 12.1. The highest BCUT2D eigenvalue weighted by Crippen LogP contribution is 2.19. The second-order valence-electron chi connectivity index (χ2n) is 4.93. The third-order valence-corrected chi connectivity index (χ3v) is 4.45. The van der Waals surface area contributed by atoms with Crippen LogP contribution in [0.4, 0.5) is 5.69 Å². The lowest BCUT2D eigenvalue weighted by atomic mass is 10.0. The first-order chi connectivity index (χ1) is 9.52. The second kappa shape index (κ2) is 6.09. The van der Waals surface area contributed by atoms with Crippen molar-refractivity contribution < 1.29 is 4.79 Å². The van der Waals surface area contributed by atoms with E-state index in [4.69, 9.17) is 5.73 Å². The molecular formula is C16H20N2OS. The summed E-state index contributed by atoms with van der Waals surface area (Å²) >= 11 is 1.68. The van der Waals surface area contributed by atoms with Crippen LogP contribution >= 0.6 is 11.3 Å². The van der Waals surface area contributed by atoms with Crippen molar-refractivity contribution in [2.75, 3.05) is 5.73 Å². The number of hydrogen-bond acceptors (Lipinski definition) is 3.